The van der Waals surface area contributed by atoms with E-state index in [1.165, 1.54) is 29.3 Å². The van der Waals surface area contributed by atoms with Crippen molar-refractivity contribution in [2.75, 3.05) is 28.6 Å². The molecule has 35 heavy (non-hydrogen) atoms. The van der Waals surface area contributed by atoms with Crippen molar-refractivity contribution in [1.82, 2.24) is 15.0 Å². The first-order chi connectivity index (χ1) is 16.5. The summed E-state index contributed by atoms with van der Waals surface area (Å²) in [7, 11) is 0. The average Bonchev–Trinajstić information content (AvgIpc) is 2.80. The van der Waals surface area contributed by atoms with Crippen LogP contribution in [0.2, 0.25) is 0 Å². The van der Waals surface area contributed by atoms with Crippen LogP contribution in [0, 0.1) is 5.95 Å². The number of nitrogens with one attached hydrogen (secondary N) is 2. The standard InChI is InChI=1S/C22H18F6N6O/c23-18-11-17(34-9-6-21(24,25)7-10-34)16(12-30-18)32-19(35)15-5-8-29-20(33-15)31-14-3-1-13(2-4-14)22(26,27)28/h1-5,8,11-12H,6-7,9-10H2,(H,32,35)(H,29,31,33). The lowest BCUT2D eigenvalue weighted by molar-refractivity contribution is -0.137. The van der Waals surface area contributed by atoms with Gasteiger partial charge in [-0.15, -0.1) is 0 Å². The van der Waals surface area contributed by atoms with E-state index in [4.69, 9.17) is 0 Å². The summed E-state index contributed by atoms with van der Waals surface area (Å²) in [6.45, 7) is -0.0674. The van der Waals surface area contributed by atoms with Crippen molar-refractivity contribution >= 4 is 28.9 Å². The van der Waals surface area contributed by atoms with Crippen LogP contribution in [-0.4, -0.2) is 39.9 Å². The first kappa shape index (κ1) is 24.2. The van der Waals surface area contributed by atoms with Crippen molar-refractivity contribution < 1.29 is 31.1 Å². The van der Waals surface area contributed by atoms with Crippen molar-refractivity contribution in [3.8, 4) is 0 Å². The first-order valence-corrected chi connectivity index (χ1v) is 10.4. The molecule has 2 N–H and O–H groups in total. The Bertz CT molecular complexity index is 1210. The number of piperidine rings is 1. The minimum Gasteiger partial charge on any atom is -0.369 e. The number of nitrogens with zero attached hydrogens (tertiary/aromatic N) is 4. The minimum absolute atomic E-state index is 0.0337. The maximum absolute atomic E-state index is 13.8. The Morgan fingerprint density at radius 2 is 1.71 bits per heavy atom. The molecule has 13 heteroatoms. The number of pyridine rings is 1. The van der Waals surface area contributed by atoms with E-state index in [0.29, 0.717) is 0 Å². The van der Waals surface area contributed by atoms with Crippen LogP contribution >= 0.6 is 0 Å². The highest BCUT2D eigenvalue weighted by molar-refractivity contribution is 6.04. The smallest absolute Gasteiger partial charge is 0.369 e. The van der Waals surface area contributed by atoms with Crippen LogP contribution in [-0.2, 0) is 6.18 Å². The molecule has 184 valence electrons. The molecule has 0 atom stereocenters. The molecular weight excluding hydrogens is 478 g/mol. The summed E-state index contributed by atoms with van der Waals surface area (Å²) >= 11 is 0. The molecule has 0 saturated carbocycles. The monoisotopic (exact) mass is 496 g/mol. The van der Waals surface area contributed by atoms with Crippen molar-refractivity contribution in [2.45, 2.75) is 24.9 Å². The van der Waals surface area contributed by atoms with Gasteiger partial charge in [-0.3, -0.25) is 4.79 Å². The van der Waals surface area contributed by atoms with Gasteiger partial charge in [0.15, 0.2) is 0 Å². The van der Waals surface area contributed by atoms with E-state index >= 15 is 0 Å². The number of rotatable bonds is 5. The summed E-state index contributed by atoms with van der Waals surface area (Å²) in [4.78, 5) is 25.8. The number of hydrogen-bond donors (Lipinski definition) is 2. The largest absolute Gasteiger partial charge is 0.416 e. The molecule has 3 aromatic rings. The molecule has 1 aliphatic heterocycles. The first-order valence-electron chi connectivity index (χ1n) is 10.4. The molecule has 0 unspecified atom stereocenters. The molecule has 1 fully saturated rings. The predicted octanol–water partition coefficient (Wildman–Crippen LogP) is 5.26. The Hall–Kier alpha value is -3.90. The molecule has 1 aromatic carbocycles. The summed E-state index contributed by atoms with van der Waals surface area (Å²) in [5.41, 5.74) is -0.341. The Labute approximate surface area is 195 Å². The third-order valence-electron chi connectivity index (χ3n) is 5.29. The number of aromatic nitrogens is 3. The number of carbonyl (C=O) groups excluding carboxylic acids is 1. The van der Waals surface area contributed by atoms with Crippen LogP contribution < -0.4 is 15.5 Å². The number of alkyl halides is 5. The Kier molecular flexibility index (Phi) is 6.50. The lowest BCUT2D eigenvalue weighted by Gasteiger charge is -2.34. The number of hydrogen-bond acceptors (Lipinski definition) is 6. The van der Waals surface area contributed by atoms with Crippen molar-refractivity contribution in [1.29, 1.82) is 0 Å². The number of amides is 1. The Morgan fingerprint density at radius 3 is 2.37 bits per heavy atom. The summed E-state index contributed by atoms with van der Waals surface area (Å²) in [6, 6.07) is 6.51. The zero-order chi connectivity index (χ0) is 25.2. The fraction of sp³-hybridized carbons (Fsp3) is 0.273. The molecule has 0 aliphatic carbocycles. The molecule has 3 heterocycles. The molecule has 0 bridgehead atoms. The topological polar surface area (TPSA) is 83.0 Å². The molecule has 1 amide bonds. The molecule has 1 aliphatic rings. The third kappa shape index (κ3) is 5.97. The number of carbonyl (C=O) groups is 1. The van der Waals surface area contributed by atoms with Gasteiger partial charge in [-0.05, 0) is 30.3 Å². The quantitative estimate of drug-likeness (QED) is 0.371. The van der Waals surface area contributed by atoms with Gasteiger partial charge in [0.25, 0.3) is 11.8 Å². The second-order valence-corrected chi connectivity index (χ2v) is 7.79. The SMILES string of the molecule is O=C(Nc1cnc(F)cc1N1CCC(F)(F)CC1)c1ccnc(Nc2ccc(C(F)(F)F)cc2)n1. The van der Waals surface area contributed by atoms with Crippen LogP contribution in [0.25, 0.3) is 0 Å². The lowest BCUT2D eigenvalue weighted by Crippen LogP contribution is -2.39. The van der Waals surface area contributed by atoms with Gasteiger partial charge in [-0.25, -0.2) is 23.7 Å². The van der Waals surface area contributed by atoms with Crippen molar-refractivity contribution in [3.63, 3.8) is 0 Å². The fourth-order valence-electron chi connectivity index (χ4n) is 3.46. The summed E-state index contributed by atoms with van der Waals surface area (Å²) < 4.78 is 79.0. The van der Waals surface area contributed by atoms with Gasteiger partial charge in [0.05, 0.1) is 23.1 Å². The van der Waals surface area contributed by atoms with Crippen LogP contribution in [0.15, 0.2) is 48.8 Å². The van der Waals surface area contributed by atoms with Gasteiger partial charge in [-0.1, -0.05) is 0 Å². The second-order valence-electron chi connectivity index (χ2n) is 7.79. The highest BCUT2D eigenvalue weighted by Gasteiger charge is 2.35. The van der Waals surface area contributed by atoms with Gasteiger partial charge >= 0.3 is 6.18 Å². The van der Waals surface area contributed by atoms with Crippen LogP contribution in [0.5, 0.6) is 0 Å². The highest BCUT2D eigenvalue weighted by atomic mass is 19.4. The van der Waals surface area contributed by atoms with E-state index in [1.807, 2.05) is 0 Å². The second kappa shape index (κ2) is 9.39. The maximum Gasteiger partial charge on any atom is 0.416 e. The molecule has 1 saturated heterocycles. The minimum atomic E-state index is -4.48. The number of anilines is 4. The molecule has 0 radical (unpaired) electrons. The van der Waals surface area contributed by atoms with Crippen LogP contribution in [0.4, 0.5) is 49.4 Å². The lowest BCUT2D eigenvalue weighted by atomic mass is 10.1. The van der Waals surface area contributed by atoms with E-state index in [0.717, 1.165) is 24.4 Å². The zero-order valence-electron chi connectivity index (χ0n) is 17.9. The van der Waals surface area contributed by atoms with Crippen LogP contribution in [0.3, 0.4) is 0 Å². The summed E-state index contributed by atoms with van der Waals surface area (Å²) in [6.07, 6.45) is -2.94. The van der Waals surface area contributed by atoms with E-state index in [1.54, 1.807) is 0 Å². The maximum atomic E-state index is 13.8. The van der Waals surface area contributed by atoms with Gasteiger partial charge in [0, 0.05) is 43.9 Å². The summed E-state index contributed by atoms with van der Waals surface area (Å²) in [5, 5.41) is 5.26. The van der Waals surface area contributed by atoms with E-state index in [9.17, 15) is 31.1 Å². The van der Waals surface area contributed by atoms with Crippen LogP contribution in [0.1, 0.15) is 28.9 Å². The number of benzene rings is 1. The summed E-state index contributed by atoms with van der Waals surface area (Å²) in [5.74, 6) is -4.39. The molecule has 0 spiro atoms. The van der Waals surface area contributed by atoms with Gasteiger partial charge in [-0.2, -0.15) is 17.6 Å². The van der Waals surface area contributed by atoms with Crippen molar-refractivity contribution in [2.24, 2.45) is 0 Å². The Balaban J connectivity index is 1.49. The van der Waals surface area contributed by atoms with E-state index in [-0.39, 0.29) is 41.8 Å². The highest BCUT2D eigenvalue weighted by Crippen LogP contribution is 2.34. The Morgan fingerprint density at radius 1 is 1.03 bits per heavy atom. The third-order valence-corrected chi connectivity index (χ3v) is 5.29. The van der Waals surface area contributed by atoms with E-state index < -0.39 is 42.4 Å². The average molecular weight is 496 g/mol. The molecular formula is C22H18F6N6O. The number of halogens is 6. The molecule has 2 aromatic heterocycles. The predicted molar refractivity (Wildman–Crippen MR) is 115 cm³/mol. The van der Waals surface area contributed by atoms with E-state index in [2.05, 4.69) is 25.6 Å². The molecule has 4 rings (SSSR count). The van der Waals surface area contributed by atoms with Crippen molar-refractivity contribution in [3.05, 3.63) is 66.0 Å². The molecule has 7 nitrogen and oxygen atoms in total. The van der Waals surface area contributed by atoms with Gasteiger partial charge in [0.2, 0.25) is 11.9 Å². The normalized spacial score (nSPS) is 15.5. The van der Waals surface area contributed by atoms with Gasteiger partial charge in [0.1, 0.15) is 5.69 Å². The zero-order valence-corrected chi connectivity index (χ0v) is 17.9. The fourth-order valence-corrected chi connectivity index (χ4v) is 3.46. The van der Waals surface area contributed by atoms with Gasteiger partial charge < -0.3 is 15.5 Å².